The number of likely N-dealkylation sites (tertiary alicyclic amines) is 1. The summed E-state index contributed by atoms with van der Waals surface area (Å²) in [5.41, 5.74) is 8.38. The van der Waals surface area contributed by atoms with Crippen molar-refractivity contribution in [3.63, 3.8) is 0 Å². The molecule has 3 atom stereocenters. The van der Waals surface area contributed by atoms with E-state index in [0.29, 0.717) is 12.5 Å². The first-order valence-corrected chi connectivity index (χ1v) is 8.69. The lowest BCUT2D eigenvalue weighted by molar-refractivity contribution is -0.133. The van der Waals surface area contributed by atoms with Crippen LogP contribution in [0.1, 0.15) is 44.2 Å². The topological polar surface area (TPSA) is 75.4 Å². The molecule has 6 heteroatoms. The normalized spacial score (nSPS) is 21.0. The number of rotatable bonds is 5. The molecule has 25 heavy (non-hydrogen) atoms. The highest BCUT2D eigenvalue weighted by Crippen LogP contribution is 2.33. The lowest BCUT2D eigenvalue weighted by Crippen LogP contribution is -2.48. The van der Waals surface area contributed by atoms with E-state index in [4.69, 9.17) is 5.73 Å². The van der Waals surface area contributed by atoms with Crippen molar-refractivity contribution in [1.82, 2.24) is 10.2 Å². The number of carbonyl (C=O) groups is 2. The molecular weight excluding hydrogens is 338 g/mol. The molecule has 1 fully saturated rings. The van der Waals surface area contributed by atoms with Crippen molar-refractivity contribution < 1.29 is 9.59 Å². The van der Waals surface area contributed by atoms with Crippen LogP contribution in [0.15, 0.2) is 24.3 Å². The molecule has 0 radical (unpaired) electrons. The summed E-state index contributed by atoms with van der Waals surface area (Å²) in [5.74, 6) is 0.110. The Morgan fingerprint density at radius 2 is 1.96 bits per heavy atom. The summed E-state index contributed by atoms with van der Waals surface area (Å²) in [6, 6.07) is 7.94. The first-order chi connectivity index (χ1) is 11.3. The van der Waals surface area contributed by atoms with Gasteiger partial charge in [0.2, 0.25) is 11.8 Å². The zero-order chi connectivity index (χ0) is 17.9. The number of amides is 2. The van der Waals surface area contributed by atoms with Crippen LogP contribution in [0.4, 0.5) is 0 Å². The summed E-state index contributed by atoms with van der Waals surface area (Å²) in [6.07, 6.45) is 0.954. The Kier molecular flexibility index (Phi) is 7.90. The second kappa shape index (κ2) is 9.20. The number of carbonyl (C=O) groups excluding carboxylic acids is 2. The molecule has 3 N–H and O–H groups in total. The third-order valence-corrected chi connectivity index (χ3v) is 4.96. The van der Waals surface area contributed by atoms with Crippen LogP contribution in [0.2, 0.25) is 0 Å². The quantitative estimate of drug-likeness (QED) is 0.837. The molecule has 2 rings (SSSR count). The average molecular weight is 368 g/mol. The highest BCUT2D eigenvalue weighted by Gasteiger charge is 2.33. The number of benzene rings is 1. The minimum absolute atomic E-state index is 0. The Morgan fingerprint density at radius 3 is 2.56 bits per heavy atom. The molecule has 1 saturated heterocycles. The lowest BCUT2D eigenvalue weighted by Gasteiger charge is -2.23. The molecule has 2 unspecified atom stereocenters. The summed E-state index contributed by atoms with van der Waals surface area (Å²) in [4.78, 5) is 26.3. The van der Waals surface area contributed by atoms with Crippen LogP contribution in [0.25, 0.3) is 0 Å². The molecule has 0 saturated carbocycles. The molecule has 1 aliphatic heterocycles. The van der Waals surface area contributed by atoms with Gasteiger partial charge in [0.25, 0.3) is 0 Å². The minimum atomic E-state index is -0.575. The molecule has 2 amide bonds. The van der Waals surface area contributed by atoms with E-state index < -0.39 is 6.04 Å². The molecule has 140 valence electrons. The van der Waals surface area contributed by atoms with Crippen molar-refractivity contribution >= 4 is 24.2 Å². The van der Waals surface area contributed by atoms with Crippen LogP contribution in [-0.2, 0) is 9.59 Å². The molecule has 0 aromatic heterocycles. The molecule has 0 spiro atoms. The van der Waals surface area contributed by atoms with E-state index >= 15 is 0 Å². The van der Waals surface area contributed by atoms with Crippen LogP contribution in [0, 0.1) is 12.8 Å². The van der Waals surface area contributed by atoms with Gasteiger partial charge in [-0.3, -0.25) is 9.59 Å². The van der Waals surface area contributed by atoms with Gasteiger partial charge in [0, 0.05) is 18.5 Å². The summed E-state index contributed by atoms with van der Waals surface area (Å²) in [6.45, 7) is 8.68. The van der Waals surface area contributed by atoms with Crippen molar-refractivity contribution in [3.05, 3.63) is 35.4 Å². The Balaban J connectivity index is 0.00000312. The largest absolute Gasteiger partial charge is 0.346 e. The Bertz CT molecular complexity index is 606. The predicted octanol–water partition coefficient (Wildman–Crippen LogP) is 2.22. The highest BCUT2D eigenvalue weighted by atomic mass is 35.5. The van der Waals surface area contributed by atoms with E-state index in [1.165, 1.54) is 11.1 Å². The summed E-state index contributed by atoms with van der Waals surface area (Å²) < 4.78 is 0. The van der Waals surface area contributed by atoms with E-state index in [1.54, 1.807) is 0 Å². The monoisotopic (exact) mass is 367 g/mol. The fourth-order valence-electron chi connectivity index (χ4n) is 3.33. The smallest absolute Gasteiger partial charge is 0.242 e. The highest BCUT2D eigenvalue weighted by molar-refractivity contribution is 5.87. The van der Waals surface area contributed by atoms with Crippen LogP contribution in [0.5, 0.6) is 0 Å². The summed E-state index contributed by atoms with van der Waals surface area (Å²) >= 11 is 0. The van der Waals surface area contributed by atoms with Gasteiger partial charge in [-0.2, -0.15) is 0 Å². The second-order valence-electron chi connectivity index (χ2n) is 7.17. The Morgan fingerprint density at radius 1 is 1.32 bits per heavy atom. The zero-order valence-electron chi connectivity index (χ0n) is 15.5. The average Bonchev–Trinajstić information content (AvgIpc) is 2.93. The molecular formula is C19H30ClN3O2. The van der Waals surface area contributed by atoms with Gasteiger partial charge in [-0.15, -0.1) is 12.4 Å². The molecule has 1 aliphatic rings. The maximum atomic E-state index is 12.5. The first-order valence-electron chi connectivity index (χ1n) is 8.69. The maximum Gasteiger partial charge on any atom is 0.242 e. The minimum Gasteiger partial charge on any atom is -0.346 e. The number of nitrogens with two attached hydrogens (primary N) is 1. The van der Waals surface area contributed by atoms with Gasteiger partial charge >= 0.3 is 0 Å². The number of hydrogen-bond acceptors (Lipinski definition) is 3. The van der Waals surface area contributed by atoms with Crippen LogP contribution in [0.3, 0.4) is 0 Å². The van der Waals surface area contributed by atoms with E-state index in [0.717, 1.165) is 6.42 Å². The van der Waals surface area contributed by atoms with Crippen molar-refractivity contribution in [3.8, 4) is 0 Å². The van der Waals surface area contributed by atoms with Gasteiger partial charge in [-0.1, -0.05) is 38.1 Å². The van der Waals surface area contributed by atoms with Crippen molar-refractivity contribution in [2.24, 2.45) is 11.7 Å². The van der Waals surface area contributed by atoms with Gasteiger partial charge < -0.3 is 16.0 Å². The maximum absolute atomic E-state index is 12.5. The van der Waals surface area contributed by atoms with Crippen LogP contribution in [-0.4, -0.2) is 41.9 Å². The zero-order valence-corrected chi connectivity index (χ0v) is 16.3. The SMILES string of the molecule is Cc1ccccc1C1CC(C)N(C(=O)CNC(=O)[C@@H](N)C(C)C)C1.Cl. The molecule has 0 bridgehead atoms. The molecule has 5 nitrogen and oxygen atoms in total. The van der Waals surface area contributed by atoms with Crippen molar-refractivity contribution in [2.75, 3.05) is 13.1 Å². The Labute approximate surface area is 156 Å². The standard InChI is InChI=1S/C19H29N3O2.ClH/c1-12(2)18(20)19(24)21-10-17(23)22-11-15(9-14(22)4)16-8-6-5-7-13(16)3;/h5-8,12,14-15,18H,9-11,20H2,1-4H3,(H,21,24);1H/t14?,15?,18-;/m0./s1. The van der Waals surface area contributed by atoms with E-state index in [2.05, 4.69) is 31.3 Å². The molecule has 1 aromatic rings. The van der Waals surface area contributed by atoms with Gasteiger partial charge in [-0.25, -0.2) is 0 Å². The Hall–Kier alpha value is -1.59. The number of aryl methyl sites for hydroxylation is 1. The fourth-order valence-corrected chi connectivity index (χ4v) is 3.33. The second-order valence-corrected chi connectivity index (χ2v) is 7.17. The number of nitrogens with zero attached hydrogens (tertiary/aromatic N) is 1. The van der Waals surface area contributed by atoms with Crippen LogP contribution >= 0.6 is 12.4 Å². The number of hydrogen-bond donors (Lipinski definition) is 2. The summed E-state index contributed by atoms with van der Waals surface area (Å²) in [7, 11) is 0. The van der Waals surface area contributed by atoms with Crippen LogP contribution < -0.4 is 11.1 Å². The van der Waals surface area contributed by atoms with Crippen molar-refractivity contribution in [1.29, 1.82) is 0 Å². The van der Waals surface area contributed by atoms with E-state index in [9.17, 15) is 9.59 Å². The van der Waals surface area contributed by atoms with Gasteiger partial charge in [0.1, 0.15) is 0 Å². The van der Waals surface area contributed by atoms with Gasteiger partial charge in [0.05, 0.1) is 12.6 Å². The van der Waals surface area contributed by atoms with Crippen molar-refractivity contribution in [2.45, 2.75) is 52.1 Å². The summed E-state index contributed by atoms with van der Waals surface area (Å²) in [5, 5.41) is 2.67. The molecule has 0 aliphatic carbocycles. The first kappa shape index (κ1) is 21.5. The van der Waals surface area contributed by atoms with Gasteiger partial charge in [0.15, 0.2) is 0 Å². The third-order valence-electron chi connectivity index (χ3n) is 4.96. The molecule has 1 aromatic carbocycles. The lowest BCUT2D eigenvalue weighted by atomic mass is 9.93. The predicted molar refractivity (Wildman–Crippen MR) is 103 cm³/mol. The molecule has 1 heterocycles. The van der Waals surface area contributed by atoms with Gasteiger partial charge in [-0.05, 0) is 37.3 Å². The number of halogens is 1. The van der Waals surface area contributed by atoms with E-state index in [1.807, 2.05) is 30.9 Å². The number of nitrogens with one attached hydrogen (secondary N) is 1. The fraction of sp³-hybridized carbons (Fsp3) is 0.579. The van der Waals surface area contributed by atoms with E-state index in [-0.39, 0.29) is 42.7 Å². The third kappa shape index (κ3) is 5.19.